The average Bonchev–Trinajstić information content (AvgIpc) is 2.11. The van der Waals surface area contributed by atoms with Gasteiger partial charge in [0.2, 0.25) is 0 Å². The van der Waals surface area contributed by atoms with Gasteiger partial charge in [-0.3, -0.25) is 0 Å². The molecular formula is C6H12O2S2. The molecule has 10 heavy (non-hydrogen) atoms. The Kier molecular flexibility index (Phi) is 2.30. The smallest absolute Gasteiger partial charge is 0.151 e. The number of hydrogen-bond acceptors (Lipinski definition) is 3. The molecule has 2 unspecified atom stereocenters. The Balaban J connectivity index is 2.74. The fraction of sp³-hybridized carbons (Fsp3) is 1.00. The Labute approximate surface area is 67.3 Å². The van der Waals surface area contributed by atoms with E-state index in [2.05, 4.69) is 12.6 Å². The van der Waals surface area contributed by atoms with E-state index >= 15 is 0 Å². The van der Waals surface area contributed by atoms with Crippen molar-refractivity contribution in [2.75, 3.05) is 6.26 Å². The quantitative estimate of drug-likeness (QED) is 0.608. The van der Waals surface area contributed by atoms with Crippen molar-refractivity contribution in [3.05, 3.63) is 0 Å². The lowest BCUT2D eigenvalue weighted by atomic mass is 10.4. The zero-order valence-electron chi connectivity index (χ0n) is 5.95. The van der Waals surface area contributed by atoms with E-state index in [1.807, 2.05) is 0 Å². The van der Waals surface area contributed by atoms with Crippen molar-refractivity contribution < 1.29 is 8.42 Å². The van der Waals surface area contributed by atoms with Crippen molar-refractivity contribution in [2.24, 2.45) is 0 Å². The molecule has 0 amide bonds. The van der Waals surface area contributed by atoms with Crippen LogP contribution in [-0.2, 0) is 9.84 Å². The standard InChI is InChI=1S/C6H12O2S2/c1-10(7,8)6-4-2-3-5(6)9/h5-6,9H,2-4H2,1H3. The van der Waals surface area contributed by atoms with Gasteiger partial charge in [-0.2, -0.15) is 12.6 Å². The highest BCUT2D eigenvalue weighted by atomic mass is 32.2. The van der Waals surface area contributed by atoms with E-state index < -0.39 is 9.84 Å². The van der Waals surface area contributed by atoms with Crippen LogP contribution in [0.25, 0.3) is 0 Å². The number of thiol groups is 1. The molecule has 0 radical (unpaired) electrons. The summed E-state index contributed by atoms with van der Waals surface area (Å²) in [7, 11) is -2.83. The lowest BCUT2D eigenvalue weighted by molar-refractivity contribution is 0.587. The Hall–Kier alpha value is 0.300. The fourth-order valence-electron chi connectivity index (χ4n) is 1.41. The number of rotatable bonds is 1. The summed E-state index contributed by atoms with van der Waals surface area (Å²) in [6.07, 6.45) is 4.05. The molecule has 1 fully saturated rings. The minimum Gasteiger partial charge on any atom is -0.229 e. The summed E-state index contributed by atoms with van der Waals surface area (Å²) in [6, 6.07) is 0. The monoisotopic (exact) mass is 180 g/mol. The SMILES string of the molecule is CS(=O)(=O)C1CCCC1S. The third-order valence-electron chi connectivity index (χ3n) is 1.97. The van der Waals surface area contributed by atoms with E-state index in [0.717, 1.165) is 19.3 Å². The van der Waals surface area contributed by atoms with Crippen molar-refractivity contribution >= 4 is 22.5 Å². The number of hydrogen-bond donors (Lipinski definition) is 1. The second-order valence-corrected chi connectivity index (χ2v) is 5.79. The van der Waals surface area contributed by atoms with E-state index in [4.69, 9.17) is 0 Å². The summed E-state index contributed by atoms with van der Waals surface area (Å²) >= 11 is 4.20. The first kappa shape index (κ1) is 8.40. The maximum atomic E-state index is 11.0. The molecular weight excluding hydrogens is 168 g/mol. The van der Waals surface area contributed by atoms with Gasteiger partial charge in [-0.05, 0) is 12.8 Å². The summed E-state index contributed by atoms with van der Waals surface area (Å²) in [4.78, 5) is 0. The van der Waals surface area contributed by atoms with Crippen LogP contribution in [-0.4, -0.2) is 25.2 Å². The summed E-state index contributed by atoms with van der Waals surface area (Å²) < 4.78 is 22.0. The lowest BCUT2D eigenvalue weighted by Crippen LogP contribution is -2.24. The van der Waals surface area contributed by atoms with Gasteiger partial charge >= 0.3 is 0 Å². The van der Waals surface area contributed by atoms with E-state index in [0.29, 0.717) is 0 Å². The largest absolute Gasteiger partial charge is 0.229 e. The fourth-order valence-corrected chi connectivity index (χ4v) is 3.70. The molecule has 0 heterocycles. The van der Waals surface area contributed by atoms with E-state index in [9.17, 15) is 8.42 Å². The molecule has 1 aliphatic carbocycles. The third-order valence-corrected chi connectivity index (χ3v) is 4.45. The van der Waals surface area contributed by atoms with Crippen LogP contribution in [0.5, 0.6) is 0 Å². The highest BCUT2D eigenvalue weighted by Crippen LogP contribution is 2.28. The van der Waals surface area contributed by atoms with Gasteiger partial charge in [-0.25, -0.2) is 8.42 Å². The molecule has 0 N–H and O–H groups in total. The second kappa shape index (κ2) is 2.74. The van der Waals surface area contributed by atoms with Crippen molar-refractivity contribution in [1.82, 2.24) is 0 Å². The zero-order valence-corrected chi connectivity index (χ0v) is 7.66. The Bertz CT molecular complexity index is 208. The maximum Gasteiger partial charge on any atom is 0.151 e. The van der Waals surface area contributed by atoms with Gasteiger partial charge < -0.3 is 0 Å². The summed E-state index contributed by atoms with van der Waals surface area (Å²) in [5.74, 6) is 0. The maximum absolute atomic E-state index is 11.0. The Morgan fingerprint density at radius 3 is 2.20 bits per heavy atom. The molecule has 0 aromatic rings. The van der Waals surface area contributed by atoms with E-state index in [-0.39, 0.29) is 10.5 Å². The Morgan fingerprint density at radius 1 is 1.40 bits per heavy atom. The second-order valence-electron chi connectivity index (χ2n) is 2.87. The molecule has 1 rings (SSSR count). The topological polar surface area (TPSA) is 34.1 Å². The molecule has 0 saturated heterocycles. The van der Waals surface area contributed by atoms with Crippen LogP contribution in [0.2, 0.25) is 0 Å². The van der Waals surface area contributed by atoms with Crippen LogP contribution in [0.1, 0.15) is 19.3 Å². The van der Waals surface area contributed by atoms with Gasteiger partial charge in [0.1, 0.15) is 0 Å². The first-order valence-corrected chi connectivity index (χ1v) is 5.86. The normalized spacial score (nSPS) is 34.6. The molecule has 2 nitrogen and oxygen atoms in total. The van der Waals surface area contributed by atoms with Gasteiger partial charge in [0.25, 0.3) is 0 Å². The Morgan fingerprint density at radius 2 is 2.00 bits per heavy atom. The minimum atomic E-state index is -2.83. The van der Waals surface area contributed by atoms with Gasteiger partial charge in [-0.15, -0.1) is 0 Å². The summed E-state index contributed by atoms with van der Waals surface area (Å²) in [5, 5.41) is -0.106. The first-order chi connectivity index (χ1) is 4.52. The highest BCUT2D eigenvalue weighted by molar-refractivity contribution is 7.92. The van der Waals surface area contributed by atoms with Crippen LogP contribution in [0.15, 0.2) is 0 Å². The van der Waals surface area contributed by atoms with Gasteiger partial charge in [-0.1, -0.05) is 6.42 Å². The lowest BCUT2D eigenvalue weighted by Gasteiger charge is -2.10. The summed E-state index contributed by atoms with van der Waals surface area (Å²) in [6.45, 7) is 0. The van der Waals surface area contributed by atoms with Gasteiger partial charge in [0.15, 0.2) is 9.84 Å². The van der Waals surface area contributed by atoms with E-state index in [1.165, 1.54) is 6.26 Å². The molecule has 0 aromatic carbocycles. The molecule has 1 aliphatic rings. The molecule has 1 saturated carbocycles. The molecule has 60 valence electrons. The number of sulfone groups is 1. The minimum absolute atomic E-state index is 0.0787. The van der Waals surface area contributed by atoms with Crippen molar-refractivity contribution in [1.29, 1.82) is 0 Å². The highest BCUT2D eigenvalue weighted by Gasteiger charge is 2.31. The van der Waals surface area contributed by atoms with Crippen molar-refractivity contribution in [3.63, 3.8) is 0 Å². The van der Waals surface area contributed by atoms with Crippen LogP contribution in [0.3, 0.4) is 0 Å². The van der Waals surface area contributed by atoms with Crippen LogP contribution < -0.4 is 0 Å². The molecule has 0 spiro atoms. The molecule has 0 bridgehead atoms. The van der Waals surface area contributed by atoms with E-state index in [1.54, 1.807) is 0 Å². The predicted molar refractivity (Wildman–Crippen MR) is 45.3 cm³/mol. The van der Waals surface area contributed by atoms with Crippen LogP contribution in [0.4, 0.5) is 0 Å². The zero-order chi connectivity index (χ0) is 7.78. The van der Waals surface area contributed by atoms with Gasteiger partial charge in [0, 0.05) is 11.5 Å². The van der Waals surface area contributed by atoms with Crippen molar-refractivity contribution in [2.45, 2.75) is 29.8 Å². The third kappa shape index (κ3) is 1.66. The molecule has 4 heteroatoms. The molecule has 0 aliphatic heterocycles. The average molecular weight is 180 g/mol. The van der Waals surface area contributed by atoms with Gasteiger partial charge in [0.05, 0.1) is 5.25 Å². The first-order valence-electron chi connectivity index (χ1n) is 3.39. The van der Waals surface area contributed by atoms with Crippen LogP contribution in [0, 0.1) is 0 Å². The summed E-state index contributed by atoms with van der Waals surface area (Å²) in [5.41, 5.74) is 0. The molecule has 0 aromatic heterocycles. The predicted octanol–water partition coefficient (Wildman–Crippen LogP) is 0.882. The molecule has 2 atom stereocenters. The van der Waals surface area contributed by atoms with Crippen LogP contribution >= 0.6 is 12.6 Å². The van der Waals surface area contributed by atoms with Crippen molar-refractivity contribution in [3.8, 4) is 0 Å².